The highest BCUT2D eigenvalue weighted by atomic mass is 16.7. The second-order valence-corrected chi connectivity index (χ2v) is 5.67. The molecule has 102 valence electrons. The molecule has 0 heterocycles. The van der Waals surface area contributed by atoms with Crippen LogP contribution in [0.3, 0.4) is 0 Å². The first-order chi connectivity index (χ1) is 7.95. The molecule has 0 radical (unpaired) electrons. The Balaban J connectivity index is 3.29. The van der Waals surface area contributed by atoms with Crippen LogP contribution >= 0.6 is 0 Å². The van der Waals surface area contributed by atoms with E-state index in [2.05, 4.69) is 27.7 Å². The SMILES string of the molecule is CCCCCCOC(=O)OCCCC(C)(C)C. The molecule has 0 saturated carbocycles. The van der Waals surface area contributed by atoms with E-state index in [1.54, 1.807) is 0 Å². The molecule has 0 aromatic rings. The molecule has 0 aliphatic rings. The summed E-state index contributed by atoms with van der Waals surface area (Å²) in [5.41, 5.74) is 0.299. The molecule has 0 aliphatic carbocycles. The zero-order chi connectivity index (χ0) is 13.1. The van der Waals surface area contributed by atoms with E-state index in [0.717, 1.165) is 25.7 Å². The third kappa shape index (κ3) is 13.2. The fraction of sp³-hybridized carbons (Fsp3) is 0.929. The molecule has 0 aromatic carbocycles. The van der Waals surface area contributed by atoms with Crippen LogP contribution in [0.25, 0.3) is 0 Å². The van der Waals surface area contributed by atoms with Crippen molar-refractivity contribution in [3.8, 4) is 0 Å². The lowest BCUT2D eigenvalue weighted by Gasteiger charge is -2.17. The number of carbonyl (C=O) groups is 1. The molecule has 0 spiro atoms. The molecule has 0 aromatic heterocycles. The molecule has 17 heavy (non-hydrogen) atoms. The Morgan fingerprint density at radius 2 is 1.53 bits per heavy atom. The highest BCUT2D eigenvalue weighted by Gasteiger charge is 2.10. The third-order valence-electron chi connectivity index (χ3n) is 2.51. The fourth-order valence-electron chi connectivity index (χ4n) is 1.48. The largest absolute Gasteiger partial charge is 0.508 e. The van der Waals surface area contributed by atoms with Crippen molar-refractivity contribution in [3.05, 3.63) is 0 Å². The molecule has 0 amide bonds. The van der Waals surface area contributed by atoms with Gasteiger partial charge in [-0.1, -0.05) is 47.0 Å². The molecular formula is C14H28O3. The monoisotopic (exact) mass is 244 g/mol. The minimum atomic E-state index is -0.518. The maximum Gasteiger partial charge on any atom is 0.508 e. The Morgan fingerprint density at radius 3 is 2.06 bits per heavy atom. The summed E-state index contributed by atoms with van der Waals surface area (Å²) in [6.45, 7) is 9.64. The predicted octanol–water partition coefficient (Wildman–Crippen LogP) is 4.55. The van der Waals surface area contributed by atoms with Crippen LogP contribution in [0, 0.1) is 5.41 Å². The average molecular weight is 244 g/mol. The van der Waals surface area contributed by atoms with Crippen LogP contribution in [0.2, 0.25) is 0 Å². The highest BCUT2D eigenvalue weighted by molar-refractivity contribution is 5.59. The van der Waals surface area contributed by atoms with E-state index in [9.17, 15) is 4.79 Å². The van der Waals surface area contributed by atoms with Crippen LogP contribution in [0.1, 0.15) is 66.2 Å². The summed E-state index contributed by atoms with van der Waals surface area (Å²) in [4.78, 5) is 11.2. The zero-order valence-electron chi connectivity index (χ0n) is 11.9. The molecule has 0 saturated heterocycles. The fourth-order valence-corrected chi connectivity index (χ4v) is 1.48. The molecule has 0 bridgehead atoms. The quantitative estimate of drug-likeness (QED) is 0.464. The number of hydrogen-bond acceptors (Lipinski definition) is 3. The van der Waals surface area contributed by atoms with Gasteiger partial charge in [0.05, 0.1) is 13.2 Å². The predicted molar refractivity (Wildman–Crippen MR) is 70.1 cm³/mol. The number of hydrogen-bond donors (Lipinski definition) is 0. The second-order valence-electron chi connectivity index (χ2n) is 5.67. The first-order valence-electron chi connectivity index (χ1n) is 6.75. The van der Waals surface area contributed by atoms with Crippen LogP contribution in [-0.4, -0.2) is 19.4 Å². The van der Waals surface area contributed by atoms with Crippen LogP contribution in [-0.2, 0) is 9.47 Å². The maximum atomic E-state index is 11.2. The van der Waals surface area contributed by atoms with E-state index >= 15 is 0 Å². The van der Waals surface area contributed by atoms with Crippen LogP contribution in [0.5, 0.6) is 0 Å². The van der Waals surface area contributed by atoms with Gasteiger partial charge in [0.1, 0.15) is 0 Å². The molecule has 3 nitrogen and oxygen atoms in total. The first-order valence-corrected chi connectivity index (χ1v) is 6.75. The van der Waals surface area contributed by atoms with E-state index in [-0.39, 0.29) is 0 Å². The van der Waals surface area contributed by atoms with E-state index in [0.29, 0.717) is 18.6 Å². The van der Waals surface area contributed by atoms with Crippen molar-refractivity contribution in [1.29, 1.82) is 0 Å². The Labute approximate surface area is 106 Å². The normalized spacial score (nSPS) is 11.3. The van der Waals surface area contributed by atoms with Gasteiger partial charge in [0.2, 0.25) is 0 Å². The van der Waals surface area contributed by atoms with Crippen LogP contribution < -0.4 is 0 Å². The van der Waals surface area contributed by atoms with Gasteiger partial charge in [-0.3, -0.25) is 0 Å². The number of ether oxygens (including phenoxy) is 2. The van der Waals surface area contributed by atoms with Gasteiger partial charge in [0.25, 0.3) is 0 Å². The summed E-state index contributed by atoms with van der Waals surface area (Å²) in [7, 11) is 0. The molecule has 0 N–H and O–H groups in total. The summed E-state index contributed by atoms with van der Waals surface area (Å²) in [5.74, 6) is 0. The lowest BCUT2D eigenvalue weighted by atomic mass is 9.91. The van der Waals surface area contributed by atoms with E-state index in [4.69, 9.17) is 9.47 Å². The standard InChI is InChI=1S/C14H28O3/c1-5-6-7-8-11-16-13(15)17-12-9-10-14(2,3)4/h5-12H2,1-4H3. The topological polar surface area (TPSA) is 35.5 Å². The highest BCUT2D eigenvalue weighted by Crippen LogP contribution is 2.20. The molecule has 0 unspecified atom stereocenters. The number of unbranched alkanes of at least 4 members (excludes halogenated alkanes) is 3. The second kappa shape index (κ2) is 9.32. The van der Waals surface area contributed by atoms with Crippen LogP contribution in [0.4, 0.5) is 4.79 Å². The van der Waals surface area contributed by atoms with Gasteiger partial charge < -0.3 is 9.47 Å². The van der Waals surface area contributed by atoms with Gasteiger partial charge in [-0.15, -0.1) is 0 Å². The van der Waals surface area contributed by atoms with Crippen LogP contribution in [0.15, 0.2) is 0 Å². The van der Waals surface area contributed by atoms with E-state index in [1.165, 1.54) is 12.8 Å². The molecule has 0 fully saturated rings. The van der Waals surface area contributed by atoms with Gasteiger partial charge in [-0.25, -0.2) is 4.79 Å². The first kappa shape index (κ1) is 16.3. The van der Waals surface area contributed by atoms with Gasteiger partial charge in [-0.05, 0) is 24.7 Å². The number of rotatable bonds is 8. The molecule has 0 aliphatic heterocycles. The minimum absolute atomic E-state index is 0.299. The van der Waals surface area contributed by atoms with E-state index < -0.39 is 6.16 Å². The lowest BCUT2D eigenvalue weighted by molar-refractivity contribution is 0.0512. The number of carbonyl (C=O) groups excluding carboxylic acids is 1. The van der Waals surface area contributed by atoms with Gasteiger partial charge in [-0.2, -0.15) is 0 Å². The summed E-state index contributed by atoms with van der Waals surface area (Å²) in [6.07, 6.45) is 5.88. The summed E-state index contributed by atoms with van der Waals surface area (Å²) in [6, 6.07) is 0. The van der Waals surface area contributed by atoms with Gasteiger partial charge >= 0.3 is 6.16 Å². The van der Waals surface area contributed by atoms with Crippen molar-refractivity contribution in [2.45, 2.75) is 66.2 Å². The van der Waals surface area contributed by atoms with Crippen molar-refractivity contribution in [2.24, 2.45) is 5.41 Å². The maximum absolute atomic E-state index is 11.2. The summed E-state index contributed by atoms with van der Waals surface area (Å²) in [5, 5.41) is 0. The van der Waals surface area contributed by atoms with Crippen molar-refractivity contribution >= 4 is 6.16 Å². The Hall–Kier alpha value is -0.730. The molecule has 0 atom stereocenters. The van der Waals surface area contributed by atoms with E-state index in [1.807, 2.05) is 0 Å². The Bertz CT molecular complexity index is 194. The molecule has 3 heteroatoms. The minimum Gasteiger partial charge on any atom is -0.434 e. The summed E-state index contributed by atoms with van der Waals surface area (Å²) < 4.78 is 9.94. The average Bonchev–Trinajstić information content (AvgIpc) is 2.23. The van der Waals surface area contributed by atoms with Crippen molar-refractivity contribution in [3.63, 3.8) is 0 Å². The third-order valence-corrected chi connectivity index (χ3v) is 2.51. The van der Waals surface area contributed by atoms with Gasteiger partial charge in [0.15, 0.2) is 0 Å². The Morgan fingerprint density at radius 1 is 0.941 bits per heavy atom. The van der Waals surface area contributed by atoms with Crippen molar-refractivity contribution < 1.29 is 14.3 Å². The smallest absolute Gasteiger partial charge is 0.434 e. The zero-order valence-corrected chi connectivity index (χ0v) is 11.9. The summed E-state index contributed by atoms with van der Waals surface area (Å²) >= 11 is 0. The van der Waals surface area contributed by atoms with Crippen molar-refractivity contribution in [1.82, 2.24) is 0 Å². The molecule has 0 rings (SSSR count). The lowest BCUT2D eigenvalue weighted by Crippen LogP contribution is -2.12. The molecular weight excluding hydrogens is 216 g/mol. The van der Waals surface area contributed by atoms with Crippen molar-refractivity contribution in [2.75, 3.05) is 13.2 Å². The Kier molecular flexibility index (Phi) is 8.92. The van der Waals surface area contributed by atoms with Gasteiger partial charge in [0, 0.05) is 0 Å².